The van der Waals surface area contributed by atoms with E-state index in [4.69, 9.17) is 9.47 Å². The summed E-state index contributed by atoms with van der Waals surface area (Å²) in [6.45, 7) is 8.37. The summed E-state index contributed by atoms with van der Waals surface area (Å²) < 4.78 is 26.5. The molecule has 0 aromatic heterocycles. The maximum atomic E-state index is 14.8. The molecule has 1 fully saturated rings. The highest BCUT2D eigenvalue weighted by Gasteiger charge is 2.21. The molecule has 2 aromatic carbocycles. The summed E-state index contributed by atoms with van der Waals surface area (Å²) in [4.78, 5) is 8.76. The van der Waals surface area contributed by atoms with Crippen LogP contribution in [0.4, 0.5) is 10.1 Å². The lowest BCUT2D eigenvalue weighted by Gasteiger charge is -2.35. The second-order valence-corrected chi connectivity index (χ2v) is 8.01. The Bertz CT molecular complexity index is 930. The Morgan fingerprint density at radius 1 is 1.09 bits per heavy atom. The first-order valence-corrected chi connectivity index (χ1v) is 11.2. The number of fused-ring (bicyclic) bond motifs is 1. The highest BCUT2D eigenvalue weighted by Crippen LogP contribution is 2.30. The molecule has 32 heavy (non-hydrogen) atoms. The molecule has 2 heterocycles. The van der Waals surface area contributed by atoms with E-state index in [-0.39, 0.29) is 11.9 Å². The van der Waals surface area contributed by atoms with Crippen molar-refractivity contribution >= 4 is 11.6 Å². The van der Waals surface area contributed by atoms with Gasteiger partial charge < -0.3 is 29.9 Å². The van der Waals surface area contributed by atoms with E-state index < -0.39 is 0 Å². The van der Waals surface area contributed by atoms with Gasteiger partial charge in [0.1, 0.15) is 18.5 Å². The van der Waals surface area contributed by atoms with Gasteiger partial charge in [0.25, 0.3) is 0 Å². The number of benzene rings is 2. The minimum atomic E-state index is -0.177. The van der Waals surface area contributed by atoms with Crippen LogP contribution >= 0.6 is 0 Å². The van der Waals surface area contributed by atoms with Gasteiger partial charge in [-0.1, -0.05) is 25.1 Å². The molecular formula is C24H32FN5O2. The fourth-order valence-corrected chi connectivity index (χ4v) is 4.00. The minimum absolute atomic E-state index is 0.117. The van der Waals surface area contributed by atoms with Gasteiger partial charge in [-0.3, -0.25) is 4.99 Å². The van der Waals surface area contributed by atoms with Gasteiger partial charge in [0, 0.05) is 39.8 Å². The van der Waals surface area contributed by atoms with Crippen LogP contribution in [0.15, 0.2) is 47.5 Å². The zero-order valence-electron chi connectivity index (χ0n) is 18.8. The topological polar surface area (TPSA) is 61.4 Å². The molecule has 2 N–H and O–H groups in total. The smallest absolute Gasteiger partial charge is 0.191 e. The molecule has 1 atom stereocenters. The lowest BCUT2D eigenvalue weighted by Crippen LogP contribution is -2.46. The summed E-state index contributed by atoms with van der Waals surface area (Å²) in [5.41, 5.74) is 1.55. The number of nitrogens with one attached hydrogen (secondary N) is 2. The largest absolute Gasteiger partial charge is 0.486 e. The van der Waals surface area contributed by atoms with Crippen LogP contribution < -0.4 is 25.0 Å². The molecule has 0 saturated carbocycles. The maximum Gasteiger partial charge on any atom is 0.191 e. The number of para-hydroxylation sites is 2. The molecule has 1 saturated heterocycles. The lowest BCUT2D eigenvalue weighted by molar-refractivity contribution is 0.0936. The van der Waals surface area contributed by atoms with Crippen molar-refractivity contribution in [2.24, 2.45) is 4.99 Å². The molecule has 1 unspecified atom stereocenters. The van der Waals surface area contributed by atoms with Crippen molar-refractivity contribution in [3.8, 4) is 11.5 Å². The zero-order valence-corrected chi connectivity index (χ0v) is 18.8. The van der Waals surface area contributed by atoms with Crippen LogP contribution in [0.2, 0.25) is 0 Å². The van der Waals surface area contributed by atoms with Crippen molar-refractivity contribution in [1.29, 1.82) is 0 Å². The number of hydrogen-bond acceptors (Lipinski definition) is 5. The Hall–Kier alpha value is -3.00. The molecular weight excluding hydrogens is 409 g/mol. The van der Waals surface area contributed by atoms with Crippen LogP contribution in [-0.2, 0) is 6.54 Å². The number of hydrogen-bond donors (Lipinski definition) is 2. The first kappa shape index (κ1) is 22.2. The van der Waals surface area contributed by atoms with Crippen molar-refractivity contribution in [3.63, 3.8) is 0 Å². The summed E-state index contributed by atoms with van der Waals surface area (Å²) in [5, 5.41) is 6.49. The molecule has 7 nitrogen and oxygen atoms in total. The van der Waals surface area contributed by atoms with Gasteiger partial charge in [-0.05, 0) is 36.4 Å². The first-order valence-electron chi connectivity index (χ1n) is 11.2. The number of rotatable bonds is 6. The standard InChI is InChI=1S/C24H32FN5O2/c1-3-29-10-12-30(13-11-29)21-9-8-18(14-20(21)25)15-27-24(26-2)28-16-19-17-31-22-6-4-5-7-23(22)32-19/h4-9,14,19H,3,10-13,15-17H2,1-2H3,(H2,26,27,28). The normalized spacial score (nSPS) is 19.0. The summed E-state index contributed by atoms with van der Waals surface area (Å²) in [6.07, 6.45) is -0.117. The number of anilines is 1. The van der Waals surface area contributed by atoms with E-state index in [0.717, 1.165) is 49.8 Å². The van der Waals surface area contributed by atoms with Gasteiger partial charge in [-0.25, -0.2) is 4.39 Å². The summed E-state index contributed by atoms with van der Waals surface area (Å²) in [7, 11) is 1.71. The quantitative estimate of drug-likeness (QED) is 0.531. The molecule has 2 aliphatic rings. The number of likely N-dealkylation sites (N-methyl/N-ethyl adjacent to an activating group) is 1. The van der Waals surface area contributed by atoms with Gasteiger partial charge >= 0.3 is 0 Å². The highest BCUT2D eigenvalue weighted by atomic mass is 19.1. The summed E-state index contributed by atoms with van der Waals surface area (Å²) in [5.74, 6) is 1.97. The first-order chi connectivity index (χ1) is 15.7. The molecule has 2 aliphatic heterocycles. The van der Waals surface area contributed by atoms with Crippen LogP contribution in [0.5, 0.6) is 11.5 Å². The van der Waals surface area contributed by atoms with Gasteiger partial charge in [0.05, 0.1) is 12.2 Å². The predicted molar refractivity (Wildman–Crippen MR) is 125 cm³/mol. The second kappa shape index (κ2) is 10.5. The molecule has 172 valence electrons. The third kappa shape index (κ3) is 5.43. The number of piperazine rings is 1. The molecule has 4 rings (SSSR count). The molecule has 0 radical (unpaired) electrons. The third-order valence-corrected chi connectivity index (χ3v) is 5.92. The van der Waals surface area contributed by atoms with Crippen LogP contribution in [0.3, 0.4) is 0 Å². The number of ether oxygens (including phenoxy) is 2. The zero-order chi connectivity index (χ0) is 22.3. The van der Waals surface area contributed by atoms with E-state index in [1.54, 1.807) is 13.1 Å². The van der Waals surface area contributed by atoms with E-state index in [1.807, 2.05) is 36.4 Å². The lowest BCUT2D eigenvalue weighted by atomic mass is 10.1. The minimum Gasteiger partial charge on any atom is -0.486 e. The molecule has 8 heteroatoms. The molecule has 0 bridgehead atoms. The van der Waals surface area contributed by atoms with Crippen molar-refractivity contribution in [1.82, 2.24) is 15.5 Å². The average Bonchev–Trinajstić information content (AvgIpc) is 2.84. The fraction of sp³-hybridized carbons (Fsp3) is 0.458. The van der Waals surface area contributed by atoms with Crippen molar-refractivity contribution < 1.29 is 13.9 Å². The van der Waals surface area contributed by atoms with E-state index in [1.165, 1.54) is 0 Å². The third-order valence-electron chi connectivity index (χ3n) is 5.92. The van der Waals surface area contributed by atoms with Crippen molar-refractivity contribution in [2.75, 3.05) is 57.8 Å². The van der Waals surface area contributed by atoms with E-state index in [9.17, 15) is 4.39 Å². The predicted octanol–water partition coefficient (Wildman–Crippen LogP) is 2.47. The number of guanidine groups is 1. The van der Waals surface area contributed by atoms with Gasteiger partial charge in [0.2, 0.25) is 0 Å². The van der Waals surface area contributed by atoms with Crippen molar-refractivity contribution in [2.45, 2.75) is 19.6 Å². The van der Waals surface area contributed by atoms with Crippen LogP contribution in [0, 0.1) is 5.82 Å². The van der Waals surface area contributed by atoms with Crippen LogP contribution in [0.1, 0.15) is 12.5 Å². The average molecular weight is 442 g/mol. The Morgan fingerprint density at radius 3 is 2.59 bits per heavy atom. The van der Waals surface area contributed by atoms with Crippen LogP contribution in [-0.4, -0.2) is 69.9 Å². The number of aliphatic imine (C=N–C) groups is 1. The van der Waals surface area contributed by atoms with E-state index in [0.29, 0.717) is 31.3 Å². The van der Waals surface area contributed by atoms with E-state index >= 15 is 0 Å². The van der Waals surface area contributed by atoms with Crippen molar-refractivity contribution in [3.05, 3.63) is 53.8 Å². The summed E-state index contributed by atoms with van der Waals surface area (Å²) >= 11 is 0. The van der Waals surface area contributed by atoms with Gasteiger partial charge in [0.15, 0.2) is 17.5 Å². The Balaban J connectivity index is 1.26. The molecule has 0 aliphatic carbocycles. The van der Waals surface area contributed by atoms with E-state index in [2.05, 4.69) is 32.3 Å². The Morgan fingerprint density at radius 2 is 1.88 bits per heavy atom. The molecule has 0 amide bonds. The van der Waals surface area contributed by atoms with Gasteiger partial charge in [-0.2, -0.15) is 0 Å². The number of halogens is 1. The fourth-order valence-electron chi connectivity index (χ4n) is 4.00. The van der Waals surface area contributed by atoms with Gasteiger partial charge in [-0.15, -0.1) is 0 Å². The highest BCUT2D eigenvalue weighted by molar-refractivity contribution is 5.79. The Kier molecular flexibility index (Phi) is 7.32. The SMILES string of the molecule is CCN1CCN(c2ccc(CNC(=NC)NCC3COc4ccccc4O3)cc2F)CC1. The maximum absolute atomic E-state index is 14.8. The van der Waals surface area contributed by atoms with Crippen LogP contribution in [0.25, 0.3) is 0 Å². The number of nitrogens with zero attached hydrogens (tertiary/aromatic N) is 3. The summed E-state index contributed by atoms with van der Waals surface area (Å²) in [6, 6.07) is 13.1. The monoisotopic (exact) mass is 441 g/mol. The second-order valence-electron chi connectivity index (χ2n) is 8.01. The molecule has 2 aromatic rings. The Labute approximate surface area is 189 Å². The molecule has 0 spiro atoms.